The average molecular weight is 395 g/mol. The van der Waals surface area contributed by atoms with E-state index >= 15 is 0 Å². The summed E-state index contributed by atoms with van der Waals surface area (Å²) in [5, 5.41) is 10.8. The van der Waals surface area contributed by atoms with E-state index in [1.54, 1.807) is 18.2 Å². The van der Waals surface area contributed by atoms with Crippen molar-refractivity contribution in [3.8, 4) is 0 Å². The molecular weight excluding hydrogens is 380 g/mol. The molecule has 28 heavy (non-hydrogen) atoms. The number of halogens is 1. The normalized spacial score (nSPS) is 13.2. The van der Waals surface area contributed by atoms with E-state index in [0.717, 1.165) is 16.0 Å². The molecule has 3 aromatic rings. The van der Waals surface area contributed by atoms with E-state index < -0.39 is 17.8 Å². The molecule has 0 atom stereocenters. The van der Waals surface area contributed by atoms with Crippen LogP contribution in [0, 0.1) is 0 Å². The summed E-state index contributed by atoms with van der Waals surface area (Å²) < 4.78 is 0. The van der Waals surface area contributed by atoms with E-state index in [9.17, 15) is 19.5 Å². The number of anilines is 2. The third-order valence-electron chi connectivity index (χ3n) is 4.78. The Bertz CT molecular complexity index is 1190. The minimum Gasteiger partial charge on any atom is -0.478 e. The predicted molar refractivity (Wildman–Crippen MR) is 108 cm³/mol. The van der Waals surface area contributed by atoms with Gasteiger partial charge in [-0.1, -0.05) is 23.7 Å². The largest absolute Gasteiger partial charge is 0.478 e. The van der Waals surface area contributed by atoms with Crippen LogP contribution in [0.1, 0.15) is 31.1 Å². The highest BCUT2D eigenvalue weighted by atomic mass is 35.5. The molecule has 0 fully saturated rings. The van der Waals surface area contributed by atoms with Crippen molar-refractivity contribution in [1.29, 1.82) is 0 Å². The van der Waals surface area contributed by atoms with Gasteiger partial charge in [0.1, 0.15) is 0 Å². The molecule has 0 aliphatic carbocycles. The Balaban J connectivity index is 1.99. The van der Waals surface area contributed by atoms with Crippen LogP contribution in [0.2, 0.25) is 5.02 Å². The van der Waals surface area contributed by atoms with Crippen LogP contribution in [-0.2, 0) is 0 Å². The minimum absolute atomic E-state index is 0.0504. The highest BCUT2D eigenvalue weighted by Crippen LogP contribution is 2.37. The zero-order valence-electron chi connectivity index (χ0n) is 15.1. The summed E-state index contributed by atoms with van der Waals surface area (Å²) in [7, 11) is 3.72. The molecule has 6 nitrogen and oxygen atoms in total. The number of nitrogens with zero attached hydrogens (tertiary/aromatic N) is 2. The van der Waals surface area contributed by atoms with Gasteiger partial charge < -0.3 is 10.0 Å². The highest BCUT2D eigenvalue weighted by molar-refractivity contribution is 6.40. The average Bonchev–Trinajstić information content (AvgIpc) is 2.66. The van der Waals surface area contributed by atoms with Crippen LogP contribution in [0.4, 0.5) is 11.4 Å². The maximum Gasteiger partial charge on any atom is 0.335 e. The van der Waals surface area contributed by atoms with Crippen LogP contribution >= 0.6 is 11.6 Å². The number of carboxylic acids is 1. The Labute approximate surface area is 165 Å². The number of hydrogen-bond acceptors (Lipinski definition) is 4. The number of carbonyl (C=O) groups is 3. The molecule has 0 saturated carbocycles. The van der Waals surface area contributed by atoms with Crippen molar-refractivity contribution in [2.75, 3.05) is 23.9 Å². The van der Waals surface area contributed by atoms with E-state index in [4.69, 9.17) is 11.6 Å². The van der Waals surface area contributed by atoms with Gasteiger partial charge in [0.25, 0.3) is 11.8 Å². The number of aromatic carboxylic acids is 1. The van der Waals surface area contributed by atoms with E-state index in [1.165, 1.54) is 18.2 Å². The first-order valence-corrected chi connectivity index (χ1v) is 8.83. The van der Waals surface area contributed by atoms with Crippen molar-refractivity contribution in [3.05, 3.63) is 70.2 Å². The van der Waals surface area contributed by atoms with Gasteiger partial charge in [-0.3, -0.25) is 9.59 Å². The quantitative estimate of drug-likeness (QED) is 0.678. The molecule has 7 heteroatoms. The molecule has 3 aromatic carbocycles. The molecule has 0 unspecified atom stereocenters. The van der Waals surface area contributed by atoms with Gasteiger partial charge in [0.05, 0.1) is 21.8 Å². The van der Waals surface area contributed by atoms with Crippen molar-refractivity contribution in [2.45, 2.75) is 0 Å². The molecule has 1 heterocycles. The second-order valence-electron chi connectivity index (χ2n) is 6.71. The van der Waals surface area contributed by atoms with Gasteiger partial charge in [-0.05, 0) is 41.8 Å². The van der Waals surface area contributed by atoms with Crippen LogP contribution in [0.15, 0.2) is 48.5 Å². The summed E-state index contributed by atoms with van der Waals surface area (Å²) in [6.45, 7) is 0. The molecule has 2 amide bonds. The van der Waals surface area contributed by atoms with E-state index in [-0.39, 0.29) is 16.3 Å². The summed E-state index contributed by atoms with van der Waals surface area (Å²) in [5.74, 6) is -2.25. The molecule has 0 radical (unpaired) electrons. The molecule has 0 saturated heterocycles. The molecule has 1 aliphatic rings. The summed E-state index contributed by atoms with van der Waals surface area (Å²) in [5.41, 5.74) is 1.54. The fourth-order valence-corrected chi connectivity index (χ4v) is 3.59. The Morgan fingerprint density at radius 2 is 1.71 bits per heavy atom. The van der Waals surface area contributed by atoms with Crippen molar-refractivity contribution < 1.29 is 19.5 Å². The first-order chi connectivity index (χ1) is 13.3. The Morgan fingerprint density at radius 3 is 2.39 bits per heavy atom. The monoisotopic (exact) mass is 394 g/mol. The zero-order chi connectivity index (χ0) is 20.2. The lowest BCUT2D eigenvalue weighted by atomic mass is 9.92. The number of carboxylic acid groups (broad SMARTS) is 1. The van der Waals surface area contributed by atoms with Gasteiger partial charge in [0.2, 0.25) is 0 Å². The van der Waals surface area contributed by atoms with Gasteiger partial charge in [-0.25, -0.2) is 9.69 Å². The van der Waals surface area contributed by atoms with Crippen LogP contribution in [0.3, 0.4) is 0 Å². The van der Waals surface area contributed by atoms with Crippen molar-refractivity contribution in [2.24, 2.45) is 0 Å². The van der Waals surface area contributed by atoms with Gasteiger partial charge in [-0.2, -0.15) is 0 Å². The fourth-order valence-electron chi connectivity index (χ4n) is 3.39. The second kappa shape index (κ2) is 6.35. The maximum atomic E-state index is 13.3. The number of rotatable bonds is 3. The summed E-state index contributed by atoms with van der Waals surface area (Å²) in [6.07, 6.45) is 0. The first-order valence-electron chi connectivity index (χ1n) is 8.45. The minimum atomic E-state index is -1.17. The number of carbonyl (C=O) groups excluding carboxylic acids is 2. The van der Waals surface area contributed by atoms with Gasteiger partial charge in [0.15, 0.2) is 0 Å². The Morgan fingerprint density at radius 1 is 1.00 bits per heavy atom. The van der Waals surface area contributed by atoms with Crippen molar-refractivity contribution in [3.63, 3.8) is 0 Å². The molecule has 0 spiro atoms. The summed E-state index contributed by atoms with van der Waals surface area (Å²) >= 11 is 6.23. The molecule has 0 bridgehead atoms. The fraction of sp³-hybridized carbons (Fsp3) is 0.0952. The standard InChI is InChI=1S/C21H15ClN2O4/c1-23(2)13-8-11-4-3-5-14-18(11)15(10-13)20(26)24(19(14)25)17-9-12(21(27)28)6-7-16(17)22/h3-10H,1-2H3,(H,27,28). The first kappa shape index (κ1) is 18.0. The molecule has 0 aromatic heterocycles. The molecule has 1 N–H and O–H groups in total. The summed E-state index contributed by atoms with van der Waals surface area (Å²) in [4.78, 5) is 40.6. The SMILES string of the molecule is CN(C)c1cc2c3c(cccc3c1)C(=O)N(c1cc(C(=O)O)ccc1Cl)C2=O. The molecular formula is C21H15ClN2O4. The van der Waals surface area contributed by atoms with E-state index in [2.05, 4.69) is 0 Å². The number of benzene rings is 3. The van der Waals surface area contributed by atoms with Crippen LogP contribution in [-0.4, -0.2) is 37.0 Å². The third kappa shape index (κ3) is 2.61. The topological polar surface area (TPSA) is 77.9 Å². The summed E-state index contributed by atoms with van der Waals surface area (Å²) in [6, 6.07) is 12.8. The number of hydrogen-bond donors (Lipinski definition) is 1. The van der Waals surface area contributed by atoms with Crippen LogP contribution in [0.5, 0.6) is 0 Å². The number of amides is 2. The second-order valence-corrected chi connectivity index (χ2v) is 7.12. The lowest BCUT2D eigenvalue weighted by Gasteiger charge is -2.29. The van der Waals surface area contributed by atoms with E-state index in [1.807, 2.05) is 31.1 Å². The molecule has 140 valence electrons. The maximum absolute atomic E-state index is 13.3. The lowest BCUT2D eigenvalue weighted by molar-refractivity contribution is 0.0695. The lowest BCUT2D eigenvalue weighted by Crippen LogP contribution is -2.40. The van der Waals surface area contributed by atoms with Crippen LogP contribution < -0.4 is 9.80 Å². The van der Waals surface area contributed by atoms with Crippen molar-refractivity contribution >= 4 is 51.5 Å². The molecule has 1 aliphatic heterocycles. The van der Waals surface area contributed by atoms with Crippen molar-refractivity contribution in [1.82, 2.24) is 0 Å². The Hall–Kier alpha value is -3.38. The van der Waals surface area contributed by atoms with Gasteiger partial charge in [-0.15, -0.1) is 0 Å². The number of imide groups is 1. The van der Waals surface area contributed by atoms with Gasteiger partial charge in [0, 0.05) is 30.7 Å². The van der Waals surface area contributed by atoms with Gasteiger partial charge >= 0.3 is 5.97 Å². The zero-order valence-corrected chi connectivity index (χ0v) is 15.8. The predicted octanol–water partition coefficient (Wildman–Crippen LogP) is 4.06. The highest BCUT2D eigenvalue weighted by Gasteiger charge is 2.35. The smallest absolute Gasteiger partial charge is 0.335 e. The molecule has 4 rings (SSSR count). The Kier molecular flexibility index (Phi) is 4.08. The van der Waals surface area contributed by atoms with Crippen LogP contribution in [0.25, 0.3) is 10.8 Å². The third-order valence-corrected chi connectivity index (χ3v) is 5.10. The van der Waals surface area contributed by atoms with E-state index in [0.29, 0.717) is 16.5 Å².